The van der Waals surface area contributed by atoms with E-state index in [2.05, 4.69) is 27.5 Å². The zero-order valence-corrected chi connectivity index (χ0v) is 18.2. The lowest BCUT2D eigenvalue weighted by atomic mass is 10.1. The molecule has 0 aliphatic rings. The first-order valence-corrected chi connectivity index (χ1v) is 10.1. The molecule has 164 valence electrons. The van der Waals surface area contributed by atoms with Crippen molar-refractivity contribution in [3.8, 4) is 17.6 Å². The molecule has 0 aliphatic heterocycles. The zero-order chi connectivity index (χ0) is 23.1. The minimum Gasteiger partial charge on any atom is -0.481 e. The monoisotopic (exact) mass is 432 g/mol. The molecule has 8 nitrogen and oxygen atoms in total. The highest BCUT2D eigenvalue weighted by atomic mass is 16.5. The van der Waals surface area contributed by atoms with E-state index in [0.717, 1.165) is 5.69 Å². The second-order valence-electron chi connectivity index (χ2n) is 7.02. The summed E-state index contributed by atoms with van der Waals surface area (Å²) in [6, 6.07) is 10.4. The smallest absolute Gasteiger partial charge is 0.257 e. The molecule has 32 heavy (non-hydrogen) atoms. The Morgan fingerprint density at radius 3 is 2.75 bits per heavy atom. The van der Waals surface area contributed by atoms with Crippen molar-refractivity contribution in [2.45, 2.75) is 27.3 Å². The van der Waals surface area contributed by atoms with E-state index in [1.54, 1.807) is 41.0 Å². The number of amides is 2. The number of aryl methyl sites for hydroxylation is 2. The van der Waals surface area contributed by atoms with Gasteiger partial charge in [0, 0.05) is 37.1 Å². The van der Waals surface area contributed by atoms with E-state index >= 15 is 0 Å². The molecule has 2 heterocycles. The van der Waals surface area contributed by atoms with Crippen LogP contribution in [0.5, 0.6) is 5.75 Å². The largest absolute Gasteiger partial charge is 0.481 e. The van der Waals surface area contributed by atoms with Crippen LogP contribution in [0.1, 0.15) is 29.9 Å². The summed E-state index contributed by atoms with van der Waals surface area (Å²) in [5.74, 6) is 5.52. The van der Waals surface area contributed by atoms with Gasteiger partial charge in [-0.25, -0.2) is 4.98 Å². The van der Waals surface area contributed by atoms with E-state index in [1.165, 1.54) is 13.1 Å². The fourth-order valence-electron chi connectivity index (χ4n) is 3.08. The summed E-state index contributed by atoms with van der Waals surface area (Å²) in [5.41, 5.74) is 1.70. The molecule has 0 aliphatic carbocycles. The predicted molar refractivity (Wildman–Crippen MR) is 123 cm³/mol. The number of rotatable bonds is 6. The average Bonchev–Trinajstić information content (AvgIpc) is 2.76. The quantitative estimate of drug-likeness (QED) is 0.583. The van der Waals surface area contributed by atoms with Crippen molar-refractivity contribution < 1.29 is 14.3 Å². The lowest BCUT2D eigenvalue weighted by molar-refractivity contribution is -0.114. The van der Waals surface area contributed by atoms with Crippen LogP contribution in [0.4, 0.5) is 5.69 Å². The molecule has 0 fully saturated rings. The highest BCUT2D eigenvalue weighted by Crippen LogP contribution is 2.17. The third kappa shape index (κ3) is 5.52. The van der Waals surface area contributed by atoms with E-state index in [0.29, 0.717) is 29.0 Å². The second-order valence-corrected chi connectivity index (χ2v) is 7.02. The molecule has 0 radical (unpaired) electrons. The fourth-order valence-corrected chi connectivity index (χ4v) is 3.08. The van der Waals surface area contributed by atoms with Crippen LogP contribution in [-0.4, -0.2) is 34.5 Å². The molecule has 0 saturated carbocycles. The van der Waals surface area contributed by atoms with Gasteiger partial charge in [0.2, 0.25) is 11.3 Å². The molecule has 1 aromatic carbocycles. The Hall–Kier alpha value is -4.12. The van der Waals surface area contributed by atoms with Crippen LogP contribution in [0.15, 0.2) is 47.4 Å². The molecule has 0 saturated heterocycles. The van der Waals surface area contributed by atoms with Crippen molar-refractivity contribution in [1.82, 2.24) is 14.9 Å². The number of hydrogen-bond donors (Lipinski definition) is 2. The first-order chi connectivity index (χ1) is 15.4. The zero-order valence-electron chi connectivity index (χ0n) is 18.2. The van der Waals surface area contributed by atoms with Crippen molar-refractivity contribution in [2.24, 2.45) is 0 Å². The maximum atomic E-state index is 12.7. The molecule has 3 rings (SSSR count). The normalized spacial score (nSPS) is 10.2. The summed E-state index contributed by atoms with van der Waals surface area (Å²) in [6.07, 6.45) is 1.53. The van der Waals surface area contributed by atoms with Crippen molar-refractivity contribution in [3.05, 3.63) is 64.1 Å². The van der Waals surface area contributed by atoms with Gasteiger partial charge in [0.1, 0.15) is 23.6 Å². The van der Waals surface area contributed by atoms with Crippen LogP contribution >= 0.6 is 0 Å². The molecule has 8 heteroatoms. The Morgan fingerprint density at radius 1 is 1.19 bits per heavy atom. The Morgan fingerprint density at radius 2 is 2.00 bits per heavy atom. The number of nitrogens with zero attached hydrogens (tertiary/aromatic N) is 2. The molecule has 0 bridgehead atoms. The van der Waals surface area contributed by atoms with Crippen molar-refractivity contribution in [1.29, 1.82) is 0 Å². The van der Waals surface area contributed by atoms with Gasteiger partial charge >= 0.3 is 0 Å². The van der Waals surface area contributed by atoms with Gasteiger partial charge in [-0.05, 0) is 38.1 Å². The Labute approximate surface area is 185 Å². The summed E-state index contributed by atoms with van der Waals surface area (Å²) in [4.78, 5) is 40.8. The topological polar surface area (TPSA) is 102 Å². The Kier molecular flexibility index (Phi) is 7.24. The van der Waals surface area contributed by atoms with E-state index in [9.17, 15) is 14.4 Å². The van der Waals surface area contributed by atoms with Crippen molar-refractivity contribution in [2.75, 3.05) is 18.5 Å². The molecular weight excluding hydrogens is 408 g/mol. The van der Waals surface area contributed by atoms with E-state index in [-0.39, 0.29) is 30.1 Å². The van der Waals surface area contributed by atoms with Gasteiger partial charge in [0.15, 0.2) is 0 Å². The van der Waals surface area contributed by atoms with E-state index in [4.69, 9.17) is 4.74 Å². The standard InChI is InChI=1S/C24H24N4O4/c1-4-28-15-21(22(30)20-11-10-16(2)26-23(20)28)24(31)25-12-5-6-13-32-19-9-7-8-18(14-19)27-17(3)29/h7-11,14-15H,4,12-13H2,1-3H3,(H,25,31)(H,27,29). The van der Waals surface area contributed by atoms with Crippen LogP contribution in [0.25, 0.3) is 11.0 Å². The number of nitrogens with one attached hydrogen (secondary N) is 2. The van der Waals surface area contributed by atoms with Gasteiger partial charge in [0.05, 0.1) is 11.9 Å². The number of benzene rings is 1. The minimum absolute atomic E-state index is 0.0536. The number of fused-ring (bicyclic) bond motifs is 1. The lowest BCUT2D eigenvalue weighted by Crippen LogP contribution is -2.30. The van der Waals surface area contributed by atoms with Crippen molar-refractivity contribution >= 4 is 28.5 Å². The van der Waals surface area contributed by atoms with Gasteiger partial charge in [0.25, 0.3) is 5.91 Å². The molecule has 0 spiro atoms. The number of pyridine rings is 2. The summed E-state index contributed by atoms with van der Waals surface area (Å²) in [5, 5.41) is 5.73. The van der Waals surface area contributed by atoms with Crippen LogP contribution in [0.3, 0.4) is 0 Å². The molecule has 2 aromatic heterocycles. The van der Waals surface area contributed by atoms with Crippen LogP contribution in [0.2, 0.25) is 0 Å². The molecule has 3 aromatic rings. The lowest BCUT2D eigenvalue weighted by Gasteiger charge is -2.11. The van der Waals surface area contributed by atoms with Crippen LogP contribution in [0, 0.1) is 18.8 Å². The molecule has 0 unspecified atom stereocenters. The number of carbonyl (C=O) groups excluding carboxylic acids is 2. The second kappa shape index (κ2) is 10.3. The maximum Gasteiger partial charge on any atom is 0.257 e. The number of ether oxygens (including phenoxy) is 1. The summed E-state index contributed by atoms with van der Waals surface area (Å²) >= 11 is 0. The maximum absolute atomic E-state index is 12.7. The number of anilines is 1. The Bertz CT molecular complexity index is 1280. The summed E-state index contributed by atoms with van der Waals surface area (Å²) in [7, 11) is 0. The SMILES string of the molecule is CCn1cc(C(=O)NCC#CCOc2cccc(NC(C)=O)c2)c(=O)c2ccc(C)nc21. The van der Waals surface area contributed by atoms with Gasteiger partial charge in [-0.1, -0.05) is 17.9 Å². The predicted octanol–water partition coefficient (Wildman–Crippen LogP) is 2.50. The fraction of sp³-hybridized carbons (Fsp3) is 0.250. The van der Waals surface area contributed by atoms with E-state index in [1.807, 2.05) is 13.8 Å². The third-order valence-electron chi connectivity index (χ3n) is 4.57. The van der Waals surface area contributed by atoms with Gasteiger partial charge in [-0.15, -0.1) is 0 Å². The number of aromatic nitrogens is 2. The molecule has 2 amide bonds. The molecule has 0 atom stereocenters. The highest BCUT2D eigenvalue weighted by Gasteiger charge is 2.15. The number of carbonyl (C=O) groups is 2. The van der Waals surface area contributed by atoms with Gasteiger partial charge in [-0.2, -0.15) is 0 Å². The third-order valence-corrected chi connectivity index (χ3v) is 4.57. The molecular formula is C24H24N4O4. The van der Waals surface area contributed by atoms with Crippen molar-refractivity contribution in [3.63, 3.8) is 0 Å². The summed E-state index contributed by atoms with van der Waals surface area (Å²) in [6.45, 7) is 5.97. The van der Waals surface area contributed by atoms with E-state index < -0.39 is 5.91 Å². The first-order valence-electron chi connectivity index (χ1n) is 10.1. The van der Waals surface area contributed by atoms with Gasteiger partial charge < -0.3 is 19.9 Å². The molecule has 2 N–H and O–H groups in total. The highest BCUT2D eigenvalue weighted by molar-refractivity contribution is 5.97. The van der Waals surface area contributed by atoms with Crippen LogP contribution < -0.4 is 20.8 Å². The average molecular weight is 432 g/mol. The first kappa shape index (κ1) is 22.6. The summed E-state index contributed by atoms with van der Waals surface area (Å²) < 4.78 is 7.31. The minimum atomic E-state index is -0.488. The van der Waals surface area contributed by atoms with Gasteiger partial charge in [-0.3, -0.25) is 14.4 Å². The number of hydrogen-bond acceptors (Lipinski definition) is 5. The van der Waals surface area contributed by atoms with Crippen LogP contribution in [-0.2, 0) is 11.3 Å². The Balaban J connectivity index is 1.60.